The van der Waals surface area contributed by atoms with Gasteiger partial charge < -0.3 is 15.2 Å². The average molecular weight is 334 g/mol. The van der Waals surface area contributed by atoms with Gasteiger partial charge in [0.25, 0.3) is 0 Å². The molecule has 0 aliphatic heterocycles. The Hall–Kier alpha value is -1.08. The predicted octanol–water partition coefficient (Wildman–Crippen LogP) is 3.01. The summed E-state index contributed by atoms with van der Waals surface area (Å²) < 4.78 is 12.9. The Balaban J connectivity index is 1.84. The number of nitrogens with one attached hydrogen (secondary N) is 1. The molecule has 0 aliphatic rings. The molecule has 20 heavy (non-hydrogen) atoms. The molecule has 1 aromatic heterocycles. The molecule has 0 amide bonds. The molecule has 0 fully saturated rings. The molecule has 0 saturated carbocycles. The zero-order chi connectivity index (χ0) is 14.5. The zero-order valence-electron chi connectivity index (χ0n) is 10.6. The summed E-state index contributed by atoms with van der Waals surface area (Å²) >= 11 is 13.2. The van der Waals surface area contributed by atoms with E-state index in [4.69, 9.17) is 27.9 Å². The van der Waals surface area contributed by atoms with Crippen LogP contribution >= 0.6 is 34.9 Å². The van der Waals surface area contributed by atoms with Gasteiger partial charge in [0.1, 0.15) is 18.9 Å². The molecule has 1 aromatic carbocycles. The molecule has 1 atom stereocenters. The van der Waals surface area contributed by atoms with Gasteiger partial charge in [-0.25, -0.2) is 0 Å². The first-order chi connectivity index (χ1) is 9.56. The molecular formula is C12H13Cl2N3O2S. The fraction of sp³-hybridized carbons (Fsp3) is 0.333. The third kappa shape index (κ3) is 4.21. The number of benzene rings is 1. The van der Waals surface area contributed by atoms with Gasteiger partial charge in [0.2, 0.25) is 5.88 Å². The first-order valence-electron chi connectivity index (χ1n) is 5.84. The third-order valence-electron chi connectivity index (χ3n) is 2.54. The Labute approximate surface area is 130 Å². The van der Waals surface area contributed by atoms with Crippen LogP contribution in [0.2, 0.25) is 10.0 Å². The van der Waals surface area contributed by atoms with Crippen molar-refractivity contribution in [3.63, 3.8) is 0 Å². The molecule has 2 aromatic rings. The van der Waals surface area contributed by atoms with Gasteiger partial charge in [-0.3, -0.25) is 0 Å². The normalized spacial score (nSPS) is 12.2. The lowest BCUT2D eigenvalue weighted by atomic mass is 10.2. The van der Waals surface area contributed by atoms with Crippen molar-refractivity contribution in [3.05, 3.63) is 33.9 Å². The molecule has 0 spiro atoms. The number of rotatable bonds is 6. The number of hydrogen-bond donors (Lipinski definition) is 2. The van der Waals surface area contributed by atoms with Crippen LogP contribution in [0.25, 0.3) is 0 Å². The van der Waals surface area contributed by atoms with Crippen LogP contribution in [0.15, 0.2) is 18.3 Å². The molecule has 1 unspecified atom stereocenters. The highest BCUT2D eigenvalue weighted by atomic mass is 35.5. The van der Waals surface area contributed by atoms with Crippen molar-refractivity contribution >= 4 is 40.6 Å². The second-order valence-corrected chi connectivity index (χ2v) is 5.54. The van der Waals surface area contributed by atoms with Crippen molar-refractivity contribution in [2.24, 2.45) is 0 Å². The minimum Gasteiger partial charge on any atom is -0.473 e. The summed E-state index contributed by atoms with van der Waals surface area (Å²) in [5, 5.41) is 14.0. The molecule has 2 rings (SSSR count). The van der Waals surface area contributed by atoms with E-state index in [1.54, 1.807) is 12.1 Å². The summed E-state index contributed by atoms with van der Waals surface area (Å²) in [7, 11) is 0. The number of ether oxygens (including phenoxy) is 1. The first kappa shape index (κ1) is 15.3. The Morgan fingerprint density at radius 1 is 1.40 bits per heavy atom. The molecule has 5 nitrogen and oxygen atoms in total. The minimum atomic E-state index is -0.701. The van der Waals surface area contributed by atoms with Crippen molar-refractivity contribution in [1.82, 2.24) is 8.75 Å². The highest BCUT2D eigenvalue weighted by molar-refractivity contribution is 6.99. The van der Waals surface area contributed by atoms with Gasteiger partial charge in [-0.05, 0) is 24.6 Å². The van der Waals surface area contributed by atoms with Gasteiger partial charge in [-0.2, -0.15) is 4.37 Å². The Morgan fingerprint density at radius 2 is 2.20 bits per heavy atom. The number of aromatic nitrogens is 2. The number of anilines is 1. The summed E-state index contributed by atoms with van der Waals surface area (Å²) in [5.41, 5.74) is 1.58. The maximum absolute atomic E-state index is 9.82. The molecule has 0 radical (unpaired) electrons. The maximum atomic E-state index is 9.82. The van der Waals surface area contributed by atoms with E-state index < -0.39 is 6.10 Å². The fourth-order valence-corrected chi connectivity index (χ4v) is 2.28. The molecule has 108 valence electrons. The number of hydrogen-bond acceptors (Lipinski definition) is 6. The predicted molar refractivity (Wildman–Crippen MR) is 81.1 cm³/mol. The molecule has 0 aliphatic carbocycles. The molecular weight excluding hydrogens is 321 g/mol. The summed E-state index contributed by atoms with van der Waals surface area (Å²) in [4.78, 5) is 0. The van der Waals surface area contributed by atoms with E-state index in [1.165, 1.54) is 6.20 Å². The topological polar surface area (TPSA) is 67.3 Å². The lowest BCUT2D eigenvalue weighted by Gasteiger charge is -2.14. The largest absolute Gasteiger partial charge is 0.473 e. The molecule has 8 heteroatoms. The Bertz CT molecular complexity index is 566. The fourth-order valence-electron chi connectivity index (χ4n) is 1.47. The van der Waals surface area contributed by atoms with E-state index in [0.717, 1.165) is 17.3 Å². The number of aliphatic hydroxyl groups excluding tert-OH is 1. The van der Waals surface area contributed by atoms with E-state index in [0.29, 0.717) is 21.6 Å². The van der Waals surface area contributed by atoms with Gasteiger partial charge in [0, 0.05) is 11.6 Å². The monoisotopic (exact) mass is 333 g/mol. The molecule has 1 heterocycles. The van der Waals surface area contributed by atoms with E-state index >= 15 is 0 Å². The highest BCUT2D eigenvalue weighted by Gasteiger charge is 2.09. The van der Waals surface area contributed by atoms with E-state index in [1.807, 2.05) is 6.92 Å². The van der Waals surface area contributed by atoms with Gasteiger partial charge in [0.05, 0.1) is 22.4 Å². The molecule has 2 N–H and O–H groups in total. The van der Waals surface area contributed by atoms with E-state index in [-0.39, 0.29) is 13.2 Å². The Morgan fingerprint density at radius 3 is 2.90 bits per heavy atom. The molecule has 0 saturated heterocycles. The SMILES string of the molecule is Cc1cc(Cl)c(NCC(O)COc2cnsn2)cc1Cl. The van der Waals surface area contributed by atoms with Gasteiger partial charge >= 0.3 is 0 Å². The second-order valence-electron chi connectivity index (χ2n) is 4.17. The smallest absolute Gasteiger partial charge is 0.245 e. The summed E-state index contributed by atoms with van der Waals surface area (Å²) in [6.07, 6.45) is 0.800. The lowest BCUT2D eigenvalue weighted by Crippen LogP contribution is -2.26. The van der Waals surface area contributed by atoms with Crippen LogP contribution in [0.5, 0.6) is 5.88 Å². The Kier molecular flexibility index (Phi) is 5.42. The maximum Gasteiger partial charge on any atom is 0.245 e. The van der Waals surface area contributed by atoms with Crippen molar-refractivity contribution in [3.8, 4) is 5.88 Å². The third-order valence-corrected chi connectivity index (χ3v) is 3.72. The van der Waals surface area contributed by atoms with E-state index in [2.05, 4.69) is 14.1 Å². The summed E-state index contributed by atoms with van der Waals surface area (Å²) in [6, 6.07) is 3.51. The molecule has 0 bridgehead atoms. The summed E-state index contributed by atoms with van der Waals surface area (Å²) in [6.45, 7) is 2.29. The van der Waals surface area contributed by atoms with Gasteiger partial charge in [-0.15, -0.1) is 4.37 Å². The van der Waals surface area contributed by atoms with Crippen LogP contribution in [-0.2, 0) is 0 Å². The van der Waals surface area contributed by atoms with Crippen LogP contribution in [0.4, 0.5) is 5.69 Å². The quantitative estimate of drug-likeness (QED) is 0.850. The number of aliphatic hydroxyl groups is 1. The average Bonchev–Trinajstić information content (AvgIpc) is 2.92. The van der Waals surface area contributed by atoms with Crippen LogP contribution in [0.1, 0.15) is 5.56 Å². The number of aryl methyl sites for hydroxylation is 1. The zero-order valence-corrected chi connectivity index (χ0v) is 13.0. The van der Waals surface area contributed by atoms with Crippen molar-refractivity contribution in [1.29, 1.82) is 0 Å². The van der Waals surface area contributed by atoms with Gasteiger partial charge in [-0.1, -0.05) is 23.2 Å². The lowest BCUT2D eigenvalue weighted by molar-refractivity contribution is 0.115. The van der Waals surface area contributed by atoms with Crippen molar-refractivity contribution in [2.45, 2.75) is 13.0 Å². The highest BCUT2D eigenvalue weighted by Crippen LogP contribution is 2.28. The van der Waals surface area contributed by atoms with E-state index in [9.17, 15) is 5.11 Å². The van der Waals surface area contributed by atoms with Crippen LogP contribution in [0, 0.1) is 6.92 Å². The van der Waals surface area contributed by atoms with Crippen molar-refractivity contribution < 1.29 is 9.84 Å². The van der Waals surface area contributed by atoms with Crippen molar-refractivity contribution in [2.75, 3.05) is 18.5 Å². The van der Waals surface area contributed by atoms with Crippen LogP contribution in [-0.4, -0.2) is 33.1 Å². The summed E-state index contributed by atoms with van der Waals surface area (Å²) in [5.74, 6) is 0.408. The van der Waals surface area contributed by atoms with Crippen LogP contribution in [0.3, 0.4) is 0 Å². The minimum absolute atomic E-state index is 0.121. The standard InChI is InChI=1S/C12H13Cl2N3O2S/c1-7-2-10(14)11(3-9(7)13)15-4-8(18)6-19-12-5-16-20-17-12/h2-3,5,8,15,18H,4,6H2,1H3. The number of nitrogens with zero attached hydrogens (tertiary/aromatic N) is 2. The van der Waals surface area contributed by atoms with Gasteiger partial charge in [0.15, 0.2) is 0 Å². The number of halogens is 2. The van der Waals surface area contributed by atoms with Crippen LogP contribution < -0.4 is 10.1 Å². The second kappa shape index (κ2) is 7.08. The first-order valence-corrected chi connectivity index (χ1v) is 7.33.